The number of Topliss-reactive ketones (excluding diaryl/α,β-unsaturated/α-hetero) is 1. The number of aliphatic hydroxyl groups excluding tert-OH is 1. The number of ketones is 1. The minimum Gasteiger partial charge on any atom is -0.385 e. The van der Waals surface area contributed by atoms with Crippen LogP contribution in [-0.4, -0.2) is 40.7 Å². The maximum atomic E-state index is 12.4. The molecule has 0 aromatic rings. The number of hydrogen-bond acceptors (Lipinski definition) is 4. The Hall–Kier alpha value is -0.0600. The number of rotatable bonds is 2. The molecule has 0 amide bonds. The lowest BCUT2D eigenvalue weighted by molar-refractivity contribution is -0.146. The molecule has 0 saturated carbocycles. The van der Waals surface area contributed by atoms with E-state index in [1.807, 2.05) is 32.5 Å². The van der Waals surface area contributed by atoms with E-state index >= 15 is 0 Å². The summed E-state index contributed by atoms with van der Waals surface area (Å²) in [6, 6.07) is 0. The van der Waals surface area contributed by atoms with Crippen LogP contribution in [0, 0.1) is 11.3 Å². The van der Waals surface area contributed by atoms with E-state index in [1.165, 1.54) is 0 Å². The van der Waals surface area contributed by atoms with Crippen LogP contribution in [0.4, 0.5) is 0 Å². The van der Waals surface area contributed by atoms with Gasteiger partial charge in [0.1, 0.15) is 6.10 Å². The molecule has 4 heteroatoms. The van der Waals surface area contributed by atoms with Gasteiger partial charge in [0.2, 0.25) is 0 Å². The smallest absolute Gasteiger partial charge is 0.165 e. The van der Waals surface area contributed by atoms with E-state index in [0.29, 0.717) is 6.61 Å². The van der Waals surface area contributed by atoms with Gasteiger partial charge in [0.15, 0.2) is 5.78 Å². The van der Waals surface area contributed by atoms with Gasteiger partial charge in [-0.25, -0.2) is 0 Å². The molecule has 2 saturated heterocycles. The van der Waals surface area contributed by atoms with Crippen molar-refractivity contribution < 1.29 is 14.6 Å². The lowest BCUT2D eigenvalue weighted by Gasteiger charge is -2.39. The van der Waals surface area contributed by atoms with Crippen molar-refractivity contribution in [2.75, 3.05) is 18.1 Å². The third kappa shape index (κ3) is 2.91. The highest BCUT2D eigenvalue weighted by Crippen LogP contribution is 2.41. The normalized spacial score (nSPS) is 34.8. The van der Waals surface area contributed by atoms with Gasteiger partial charge in [0.25, 0.3) is 0 Å². The molecule has 3 nitrogen and oxygen atoms in total. The van der Waals surface area contributed by atoms with Gasteiger partial charge in [-0.15, -0.1) is 0 Å². The summed E-state index contributed by atoms with van der Waals surface area (Å²) in [4.78, 5) is 12.4. The second-order valence-corrected chi connectivity index (χ2v) is 7.80. The van der Waals surface area contributed by atoms with E-state index in [2.05, 4.69) is 0 Å². The second kappa shape index (κ2) is 5.14. The van der Waals surface area contributed by atoms with Crippen LogP contribution in [0.25, 0.3) is 0 Å². The molecular weight excluding hydrogens is 248 g/mol. The average molecular weight is 272 g/mol. The molecule has 2 heterocycles. The van der Waals surface area contributed by atoms with Crippen LogP contribution >= 0.6 is 11.8 Å². The summed E-state index contributed by atoms with van der Waals surface area (Å²) in [5.74, 6) is 2.12. The summed E-state index contributed by atoms with van der Waals surface area (Å²) in [7, 11) is 0. The van der Waals surface area contributed by atoms with Gasteiger partial charge < -0.3 is 9.84 Å². The summed E-state index contributed by atoms with van der Waals surface area (Å²) in [6.07, 6.45) is 1.75. The molecule has 0 bridgehead atoms. The first-order chi connectivity index (χ1) is 8.34. The topological polar surface area (TPSA) is 46.5 Å². The molecule has 18 heavy (non-hydrogen) atoms. The van der Waals surface area contributed by atoms with Crippen molar-refractivity contribution in [3.05, 3.63) is 0 Å². The number of carbonyl (C=O) groups excluding carboxylic acids is 1. The predicted octanol–water partition coefficient (Wildman–Crippen LogP) is 2.26. The van der Waals surface area contributed by atoms with Crippen molar-refractivity contribution in [3.63, 3.8) is 0 Å². The molecular formula is C14H24O3S. The van der Waals surface area contributed by atoms with Crippen LogP contribution < -0.4 is 0 Å². The van der Waals surface area contributed by atoms with Crippen LogP contribution in [0.15, 0.2) is 0 Å². The van der Waals surface area contributed by atoms with Gasteiger partial charge in [0, 0.05) is 18.3 Å². The van der Waals surface area contributed by atoms with E-state index in [9.17, 15) is 9.90 Å². The predicted molar refractivity (Wildman–Crippen MR) is 73.8 cm³/mol. The van der Waals surface area contributed by atoms with Crippen LogP contribution in [0.3, 0.4) is 0 Å². The maximum absolute atomic E-state index is 12.4. The number of ether oxygens (including phenoxy) is 1. The van der Waals surface area contributed by atoms with Crippen LogP contribution in [0.5, 0.6) is 0 Å². The molecule has 1 N–H and O–H groups in total. The van der Waals surface area contributed by atoms with E-state index < -0.39 is 6.10 Å². The first kappa shape index (κ1) is 14.4. The Kier molecular flexibility index (Phi) is 4.10. The van der Waals surface area contributed by atoms with Gasteiger partial charge >= 0.3 is 0 Å². The molecule has 2 aliphatic heterocycles. The minimum absolute atomic E-state index is 0.0158. The Morgan fingerprint density at radius 2 is 2.22 bits per heavy atom. The first-order valence-electron chi connectivity index (χ1n) is 6.78. The second-order valence-electron chi connectivity index (χ2n) is 6.69. The lowest BCUT2D eigenvalue weighted by Crippen LogP contribution is -2.46. The Labute approximate surface area is 114 Å². The molecule has 0 aromatic carbocycles. The van der Waals surface area contributed by atoms with Crippen LogP contribution in [0.1, 0.15) is 40.0 Å². The number of carbonyl (C=O) groups is 1. The highest BCUT2D eigenvalue weighted by molar-refractivity contribution is 7.99. The van der Waals surface area contributed by atoms with E-state index in [1.54, 1.807) is 0 Å². The van der Waals surface area contributed by atoms with Gasteiger partial charge in [-0.3, -0.25) is 4.79 Å². The molecule has 2 aliphatic rings. The molecule has 0 aromatic heterocycles. The van der Waals surface area contributed by atoms with E-state index in [0.717, 1.165) is 30.8 Å². The highest BCUT2D eigenvalue weighted by Gasteiger charge is 2.44. The Balaban J connectivity index is 2.03. The lowest BCUT2D eigenvalue weighted by atomic mass is 9.76. The maximum Gasteiger partial charge on any atom is 0.165 e. The molecule has 0 radical (unpaired) electrons. The SMILES string of the molecule is CC(C)(C)C(O)C(=O)C1CCOC2(CCSC2)C1. The summed E-state index contributed by atoms with van der Waals surface area (Å²) in [5.41, 5.74) is -0.451. The Morgan fingerprint density at radius 1 is 1.50 bits per heavy atom. The van der Waals surface area contributed by atoms with Gasteiger partial charge in [-0.1, -0.05) is 20.8 Å². The van der Waals surface area contributed by atoms with Crippen molar-refractivity contribution in [3.8, 4) is 0 Å². The highest BCUT2D eigenvalue weighted by atomic mass is 32.2. The Morgan fingerprint density at radius 3 is 2.78 bits per heavy atom. The standard InChI is InChI=1S/C14H24O3S/c1-13(2,3)12(16)11(15)10-4-6-17-14(8-10)5-7-18-9-14/h10,12,16H,4-9H2,1-3H3. The van der Waals surface area contributed by atoms with Crippen molar-refractivity contribution in [1.29, 1.82) is 0 Å². The third-order valence-electron chi connectivity index (χ3n) is 4.05. The summed E-state index contributed by atoms with van der Waals surface area (Å²) in [5, 5.41) is 10.1. The quantitative estimate of drug-likeness (QED) is 0.837. The fourth-order valence-corrected chi connectivity index (χ4v) is 4.16. The molecule has 1 spiro atoms. The van der Waals surface area contributed by atoms with Crippen molar-refractivity contribution >= 4 is 17.5 Å². The number of hydrogen-bond donors (Lipinski definition) is 1. The third-order valence-corrected chi connectivity index (χ3v) is 5.28. The fourth-order valence-electron chi connectivity index (χ4n) is 2.78. The average Bonchev–Trinajstić information content (AvgIpc) is 2.74. The fraction of sp³-hybridized carbons (Fsp3) is 0.929. The summed E-state index contributed by atoms with van der Waals surface area (Å²) >= 11 is 1.91. The van der Waals surface area contributed by atoms with Crippen molar-refractivity contribution in [2.45, 2.75) is 51.7 Å². The van der Waals surface area contributed by atoms with Gasteiger partial charge in [-0.2, -0.15) is 11.8 Å². The van der Waals surface area contributed by atoms with E-state index in [-0.39, 0.29) is 22.7 Å². The zero-order valence-electron chi connectivity index (χ0n) is 11.6. The van der Waals surface area contributed by atoms with Crippen LogP contribution in [0.2, 0.25) is 0 Å². The molecule has 104 valence electrons. The van der Waals surface area contributed by atoms with E-state index in [4.69, 9.17) is 4.74 Å². The first-order valence-corrected chi connectivity index (χ1v) is 7.93. The van der Waals surface area contributed by atoms with Crippen molar-refractivity contribution in [2.24, 2.45) is 11.3 Å². The van der Waals surface area contributed by atoms with Crippen molar-refractivity contribution in [1.82, 2.24) is 0 Å². The number of thioether (sulfide) groups is 1. The molecule has 3 unspecified atom stereocenters. The minimum atomic E-state index is -0.855. The molecule has 2 fully saturated rings. The Bertz CT molecular complexity index is 315. The molecule has 2 rings (SSSR count). The monoisotopic (exact) mass is 272 g/mol. The summed E-state index contributed by atoms with van der Waals surface area (Å²) in [6.45, 7) is 6.40. The zero-order chi connectivity index (χ0) is 13.4. The van der Waals surface area contributed by atoms with Gasteiger partial charge in [-0.05, 0) is 30.4 Å². The van der Waals surface area contributed by atoms with Gasteiger partial charge in [0.05, 0.1) is 5.60 Å². The molecule has 0 aliphatic carbocycles. The zero-order valence-corrected chi connectivity index (χ0v) is 12.4. The largest absolute Gasteiger partial charge is 0.385 e. The van der Waals surface area contributed by atoms with Crippen LogP contribution in [-0.2, 0) is 9.53 Å². The molecule has 3 atom stereocenters. The summed E-state index contributed by atoms with van der Waals surface area (Å²) < 4.78 is 5.92. The number of aliphatic hydroxyl groups is 1.